The van der Waals surface area contributed by atoms with E-state index < -0.39 is 7.12 Å². The Balaban J connectivity index is 0.000000441. The molecule has 2 N–H and O–H groups in total. The summed E-state index contributed by atoms with van der Waals surface area (Å²) < 4.78 is 11.8. The molecule has 0 atom stereocenters. The van der Waals surface area contributed by atoms with Gasteiger partial charge in [0.15, 0.2) is 0 Å². The van der Waals surface area contributed by atoms with E-state index in [0.29, 0.717) is 0 Å². The van der Waals surface area contributed by atoms with Crippen molar-refractivity contribution < 1.29 is 19.4 Å². The highest BCUT2D eigenvalue weighted by atomic mass is 16.7. The van der Waals surface area contributed by atoms with E-state index in [9.17, 15) is 0 Å². The fourth-order valence-corrected chi connectivity index (χ4v) is 1.20. The summed E-state index contributed by atoms with van der Waals surface area (Å²) in [5.41, 5.74) is -0.407. The van der Waals surface area contributed by atoms with Crippen LogP contribution in [0.15, 0.2) is 0 Å². The summed E-state index contributed by atoms with van der Waals surface area (Å²) >= 11 is 0. The van der Waals surface area contributed by atoms with Crippen LogP contribution in [-0.2, 0) is 9.31 Å². The van der Waals surface area contributed by atoms with E-state index in [-0.39, 0.29) is 28.9 Å². The third-order valence-electron chi connectivity index (χ3n) is 3.73. The van der Waals surface area contributed by atoms with Crippen molar-refractivity contribution in [2.75, 3.05) is 0 Å². The lowest BCUT2D eigenvalue weighted by Gasteiger charge is -2.32. The molecule has 0 aromatic rings. The van der Waals surface area contributed by atoms with Crippen molar-refractivity contribution in [2.45, 2.75) is 91.1 Å². The molecule has 0 aliphatic carbocycles. The lowest BCUT2D eigenvalue weighted by atomic mass is 9.61. The second kappa shape index (κ2) is 5.99. The van der Waals surface area contributed by atoms with Gasteiger partial charge in [0.2, 0.25) is 0 Å². The average Bonchev–Trinajstić information content (AvgIpc) is 2.34. The van der Waals surface area contributed by atoms with Crippen LogP contribution in [0.5, 0.6) is 0 Å². The van der Waals surface area contributed by atoms with E-state index in [1.165, 1.54) is 0 Å². The van der Waals surface area contributed by atoms with Crippen LogP contribution in [0.2, 0.25) is 10.6 Å². The zero-order valence-electron chi connectivity index (χ0n) is 14.9. The van der Waals surface area contributed by atoms with Gasteiger partial charge in [0.25, 0.3) is 0 Å². The van der Waals surface area contributed by atoms with Crippen molar-refractivity contribution in [3.8, 4) is 0 Å². The van der Waals surface area contributed by atoms with Gasteiger partial charge in [0.1, 0.15) is 0 Å². The van der Waals surface area contributed by atoms with Crippen LogP contribution < -0.4 is 0 Å². The summed E-state index contributed by atoms with van der Waals surface area (Å²) in [6.07, 6.45) is 0. The molecule has 1 aliphatic rings. The summed E-state index contributed by atoms with van der Waals surface area (Å²) in [6.45, 7) is 20.0. The largest absolute Gasteiger partial charge is 0.463 e. The van der Waals surface area contributed by atoms with Gasteiger partial charge in [-0.2, -0.15) is 0 Å². The lowest BCUT2D eigenvalue weighted by Crippen LogP contribution is -2.41. The molecule has 0 aromatic carbocycles. The first kappa shape index (κ1) is 20.0. The minimum atomic E-state index is -1.20. The second-order valence-electron chi connectivity index (χ2n) is 8.69. The van der Waals surface area contributed by atoms with Gasteiger partial charge >= 0.3 is 14.2 Å². The molecule has 4 nitrogen and oxygen atoms in total. The minimum Gasteiger partial charge on any atom is -0.427 e. The fraction of sp³-hybridized carbons (Fsp3) is 1.00. The van der Waals surface area contributed by atoms with Crippen molar-refractivity contribution in [1.29, 1.82) is 0 Å². The lowest BCUT2D eigenvalue weighted by molar-refractivity contribution is 0.00578. The molecule has 6 heteroatoms. The van der Waals surface area contributed by atoms with E-state index in [2.05, 4.69) is 48.5 Å². The van der Waals surface area contributed by atoms with Gasteiger partial charge in [0.05, 0.1) is 11.2 Å². The van der Waals surface area contributed by atoms with Gasteiger partial charge in [-0.15, -0.1) is 0 Å². The first-order valence-corrected chi connectivity index (χ1v) is 7.22. The zero-order chi connectivity index (χ0) is 16.6. The Morgan fingerprint density at radius 3 is 1.15 bits per heavy atom. The normalized spacial score (nSPS) is 21.3. The third-order valence-corrected chi connectivity index (χ3v) is 3.73. The Labute approximate surface area is 125 Å². The van der Waals surface area contributed by atoms with Crippen LogP contribution in [-0.4, -0.2) is 35.5 Å². The SMILES string of the molecule is CC(C)(C)B(O)O.CC(C)(C)B1OC(C)(C)C(C)(C)O1. The Hall–Kier alpha value is -0.0301. The predicted octanol–water partition coefficient (Wildman–Crippen LogP) is 3.14. The molecule has 0 saturated carbocycles. The zero-order valence-corrected chi connectivity index (χ0v) is 14.9. The Morgan fingerprint density at radius 1 is 0.800 bits per heavy atom. The molecule has 1 heterocycles. The molecule has 1 fully saturated rings. The van der Waals surface area contributed by atoms with Gasteiger partial charge in [-0.05, 0) is 38.3 Å². The molecular weight excluding hydrogens is 254 g/mol. The number of hydrogen-bond donors (Lipinski definition) is 2. The molecule has 0 amide bonds. The van der Waals surface area contributed by atoms with E-state index in [1.54, 1.807) is 20.8 Å². The summed E-state index contributed by atoms with van der Waals surface area (Å²) in [4.78, 5) is 0. The van der Waals surface area contributed by atoms with Crippen LogP contribution in [0.3, 0.4) is 0 Å². The molecule has 0 aromatic heterocycles. The molecule has 20 heavy (non-hydrogen) atoms. The summed E-state index contributed by atoms with van der Waals surface area (Å²) in [5, 5.41) is 16.5. The number of hydrogen-bond acceptors (Lipinski definition) is 4. The maximum Gasteiger partial charge on any atom is 0.463 e. The highest BCUT2D eigenvalue weighted by molar-refractivity contribution is 6.49. The van der Waals surface area contributed by atoms with Crippen LogP contribution in [0.1, 0.15) is 69.2 Å². The van der Waals surface area contributed by atoms with Crippen molar-refractivity contribution in [3.05, 3.63) is 0 Å². The quantitative estimate of drug-likeness (QED) is 0.672. The number of rotatable bonds is 0. The average molecular weight is 286 g/mol. The molecule has 1 aliphatic heterocycles. The van der Waals surface area contributed by atoms with Gasteiger partial charge in [-0.25, -0.2) is 0 Å². The topological polar surface area (TPSA) is 58.9 Å². The van der Waals surface area contributed by atoms with Gasteiger partial charge in [-0.1, -0.05) is 41.5 Å². The highest BCUT2D eigenvalue weighted by Crippen LogP contribution is 2.44. The molecule has 0 bridgehead atoms. The predicted molar refractivity (Wildman–Crippen MR) is 85.7 cm³/mol. The Bertz CT molecular complexity index is 298. The molecule has 1 saturated heterocycles. The minimum absolute atomic E-state index is 0.0467. The fourth-order valence-electron chi connectivity index (χ4n) is 1.20. The monoisotopic (exact) mass is 286 g/mol. The molecule has 0 unspecified atom stereocenters. The molecular formula is C14H32B2O4. The van der Waals surface area contributed by atoms with Gasteiger partial charge in [0, 0.05) is 0 Å². The summed E-state index contributed by atoms with van der Waals surface area (Å²) in [5.74, 6) is 0. The van der Waals surface area contributed by atoms with E-state index >= 15 is 0 Å². The Morgan fingerprint density at radius 2 is 1.05 bits per heavy atom. The molecule has 0 radical (unpaired) electrons. The van der Waals surface area contributed by atoms with Crippen LogP contribution >= 0.6 is 0 Å². The smallest absolute Gasteiger partial charge is 0.427 e. The summed E-state index contributed by atoms with van der Waals surface area (Å²) in [7, 11) is -1.30. The second-order valence-corrected chi connectivity index (χ2v) is 8.69. The van der Waals surface area contributed by atoms with Crippen molar-refractivity contribution in [3.63, 3.8) is 0 Å². The van der Waals surface area contributed by atoms with Gasteiger partial charge in [-0.3, -0.25) is 0 Å². The Kier molecular flexibility index (Phi) is 5.98. The van der Waals surface area contributed by atoms with E-state index in [4.69, 9.17) is 19.4 Å². The van der Waals surface area contributed by atoms with E-state index in [0.717, 1.165) is 0 Å². The van der Waals surface area contributed by atoms with Crippen molar-refractivity contribution in [2.24, 2.45) is 0 Å². The maximum atomic E-state index is 8.44. The highest BCUT2D eigenvalue weighted by Gasteiger charge is 2.54. The van der Waals surface area contributed by atoms with Crippen LogP contribution in [0.25, 0.3) is 0 Å². The molecule has 1 rings (SSSR count). The van der Waals surface area contributed by atoms with Gasteiger partial charge < -0.3 is 19.4 Å². The molecule has 118 valence electrons. The summed E-state index contributed by atoms with van der Waals surface area (Å²) in [6, 6.07) is 0. The van der Waals surface area contributed by atoms with Crippen molar-refractivity contribution in [1.82, 2.24) is 0 Å². The standard InChI is InChI=1S/C10H21BO2.C4H11BO2/c1-8(2,3)11-12-9(4,5)10(6,7)13-11;1-4(2,3)5(6)7/h1-7H3;6-7H,1-3H3. The first-order chi connectivity index (χ1) is 8.51. The van der Waals surface area contributed by atoms with Crippen molar-refractivity contribution >= 4 is 14.2 Å². The van der Waals surface area contributed by atoms with Crippen LogP contribution in [0, 0.1) is 0 Å². The first-order valence-electron chi connectivity index (χ1n) is 7.22. The third kappa shape index (κ3) is 5.40. The maximum absolute atomic E-state index is 8.44. The van der Waals surface area contributed by atoms with E-state index in [1.807, 2.05) is 0 Å². The van der Waals surface area contributed by atoms with Crippen LogP contribution in [0.4, 0.5) is 0 Å². The molecule has 0 spiro atoms.